The summed E-state index contributed by atoms with van der Waals surface area (Å²) in [6.07, 6.45) is 0.253. The number of anilines is 1. The van der Waals surface area contributed by atoms with Gasteiger partial charge in [-0.25, -0.2) is 12.8 Å². The molecule has 0 saturated carbocycles. The molecule has 2 amide bonds. The highest BCUT2D eigenvalue weighted by Crippen LogP contribution is 2.28. The highest BCUT2D eigenvalue weighted by Gasteiger charge is 2.34. The largest absolute Gasteiger partial charge is 0.494 e. The minimum atomic E-state index is -4.35. The Balaban J connectivity index is 2.09. The Hall–Kier alpha value is -3.34. The molecule has 1 atom stereocenters. The van der Waals surface area contributed by atoms with Crippen LogP contribution in [0.25, 0.3) is 0 Å². The van der Waals surface area contributed by atoms with Gasteiger partial charge >= 0.3 is 0 Å². The molecule has 0 bridgehead atoms. The second-order valence-corrected chi connectivity index (χ2v) is 13.5. The number of rotatable bonds is 12. The maximum atomic E-state index is 14.2. The third-order valence-electron chi connectivity index (χ3n) is 6.34. The summed E-state index contributed by atoms with van der Waals surface area (Å²) in [5.74, 6) is -1.12. The molecule has 0 saturated heterocycles. The SMILES string of the molecule is CCOc1ccc(N(CC(=O)N(Cc2ccc(Cl)c(Cl)c2)[C@@H](CC)C(=O)NC(C)(C)C)S(=O)(=O)c2ccc(F)cc2)cc1. The van der Waals surface area contributed by atoms with Crippen LogP contribution in [-0.4, -0.2) is 49.9 Å². The average molecular weight is 653 g/mol. The van der Waals surface area contributed by atoms with Gasteiger partial charge in [0.25, 0.3) is 10.0 Å². The Morgan fingerprint density at radius 3 is 2.12 bits per heavy atom. The van der Waals surface area contributed by atoms with Crippen molar-refractivity contribution in [2.24, 2.45) is 0 Å². The quantitative estimate of drug-likeness (QED) is 0.243. The van der Waals surface area contributed by atoms with Crippen molar-refractivity contribution in [1.82, 2.24) is 10.2 Å². The van der Waals surface area contributed by atoms with Crippen molar-refractivity contribution in [3.8, 4) is 5.75 Å². The summed E-state index contributed by atoms with van der Waals surface area (Å²) in [6.45, 7) is 8.78. The van der Waals surface area contributed by atoms with E-state index >= 15 is 0 Å². The maximum Gasteiger partial charge on any atom is 0.264 e. The number of carbonyl (C=O) groups is 2. The van der Waals surface area contributed by atoms with Crippen LogP contribution in [0.5, 0.6) is 5.75 Å². The van der Waals surface area contributed by atoms with E-state index in [9.17, 15) is 22.4 Å². The standard InChI is InChI=1S/C31H36Cl2FN3O5S/c1-6-28(30(39)35-31(3,4)5)36(19-21-8-17-26(32)27(33)18-21)29(38)20-37(23-11-13-24(14-12-23)42-7-2)43(40,41)25-15-9-22(34)10-16-25/h8-18,28H,6-7,19-20H2,1-5H3,(H,35,39)/t28-/m0/s1. The fourth-order valence-corrected chi connectivity index (χ4v) is 6.08. The van der Waals surface area contributed by atoms with Gasteiger partial charge < -0.3 is 15.0 Å². The van der Waals surface area contributed by atoms with Gasteiger partial charge in [-0.05, 0) is 100 Å². The van der Waals surface area contributed by atoms with Crippen molar-refractivity contribution in [3.63, 3.8) is 0 Å². The molecule has 0 spiro atoms. The molecule has 0 aliphatic rings. The van der Waals surface area contributed by atoms with Crippen molar-refractivity contribution in [3.05, 3.63) is 88.2 Å². The number of hydrogen-bond acceptors (Lipinski definition) is 5. The molecule has 8 nitrogen and oxygen atoms in total. The molecule has 232 valence electrons. The number of benzene rings is 3. The third kappa shape index (κ3) is 9.08. The molecule has 0 heterocycles. The minimum absolute atomic E-state index is 0.0422. The molecular weight excluding hydrogens is 616 g/mol. The van der Waals surface area contributed by atoms with Crippen LogP contribution in [0.4, 0.5) is 10.1 Å². The zero-order valence-electron chi connectivity index (χ0n) is 24.7. The first-order chi connectivity index (χ1) is 20.2. The van der Waals surface area contributed by atoms with Gasteiger partial charge in [0.05, 0.1) is 27.2 Å². The van der Waals surface area contributed by atoms with E-state index in [1.54, 1.807) is 37.3 Å². The number of nitrogens with one attached hydrogen (secondary N) is 1. The zero-order valence-corrected chi connectivity index (χ0v) is 27.1. The average Bonchev–Trinajstić information content (AvgIpc) is 2.93. The fourth-order valence-electron chi connectivity index (χ4n) is 4.34. The summed E-state index contributed by atoms with van der Waals surface area (Å²) >= 11 is 12.3. The van der Waals surface area contributed by atoms with Crippen molar-refractivity contribution in [2.45, 2.75) is 64.1 Å². The number of carbonyl (C=O) groups excluding carboxylic acids is 2. The van der Waals surface area contributed by atoms with Crippen LogP contribution in [-0.2, 0) is 26.2 Å². The molecular formula is C31H36Cl2FN3O5S. The fraction of sp³-hybridized carbons (Fsp3) is 0.355. The molecule has 0 aliphatic carbocycles. The summed E-state index contributed by atoms with van der Waals surface area (Å²) in [6, 6.07) is 14.5. The molecule has 3 aromatic carbocycles. The molecule has 12 heteroatoms. The van der Waals surface area contributed by atoms with Gasteiger partial charge in [-0.15, -0.1) is 0 Å². The number of halogens is 3. The summed E-state index contributed by atoms with van der Waals surface area (Å²) in [7, 11) is -4.35. The predicted molar refractivity (Wildman–Crippen MR) is 168 cm³/mol. The highest BCUT2D eigenvalue weighted by molar-refractivity contribution is 7.92. The van der Waals surface area contributed by atoms with Crippen LogP contribution in [0, 0.1) is 5.82 Å². The van der Waals surface area contributed by atoms with Crippen LogP contribution in [0.3, 0.4) is 0 Å². The maximum absolute atomic E-state index is 14.2. The van der Waals surface area contributed by atoms with E-state index in [4.69, 9.17) is 27.9 Å². The highest BCUT2D eigenvalue weighted by atomic mass is 35.5. The molecule has 3 rings (SSSR count). The van der Waals surface area contributed by atoms with Crippen LogP contribution in [0.15, 0.2) is 71.6 Å². The van der Waals surface area contributed by atoms with Gasteiger partial charge in [0.2, 0.25) is 11.8 Å². The van der Waals surface area contributed by atoms with Gasteiger partial charge in [0.15, 0.2) is 0 Å². The van der Waals surface area contributed by atoms with Crippen LogP contribution < -0.4 is 14.4 Å². The molecule has 0 aliphatic heterocycles. The Bertz CT molecular complexity index is 1530. The van der Waals surface area contributed by atoms with E-state index in [2.05, 4.69) is 5.32 Å². The van der Waals surface area contributed by atoms with E-state index in [1.807, 2.05) is 27.7 Å². The smallest absolute Gasteiger partial charge is 0.264 e. The molecule has 0 aromatic heterocycles. The van der Waals surface area contributed by atoms with Crippen molar-refractivity contribution < 1.29 is 27.1 Å². The minimum Gasteiger partial charge on any atom is -0.494 e. The lowest BCUT2D eigenvalue weighted by atomic mass is 10.1. The molecule has 0 unspecified atom stereocenters. The summed E-state index contributed by atoms with van der Waals surface area (Å²) < 4.78 is 47.9. The van der Waals surface area contributed by atoms with Crippen molar-refractivity contribution in [2.75, 3.05) is 17.5 Å². The first-order valence-corrected chi connectivity index (χ1v) is 15.9. The third-order valence-corrected chi connectivity index (χ3v) is 8.86. The lowest BCUT2D eigenvalue weighted by Gasteiger charge is -2.34. The first kappa shape index (κ1) is 34.2. The first-order valence-electron chi connectivity index (χ1n) is 13.7. The van der Waals surface area contributed by atoms with Crippen LogP contribution >= 0.6 is 23.2 Å². The van der Waals surface area contributed by atoms with E-state index in [1.165, 1.54) is 17.0 Å². The van der Waals surface area contributed by atoms with Crippen molar-refractivity contribution in [1.29, 1.82) is 0 Å². The summed E-state index contributed by atoms with van der Waals surface area (Å²) in [5.41, 5.74) is 0.199. The van der Waals surface area contributed by atoms with Gasteiger partial charge in [-0.1, -0.05) is 36.2 Å². The molecule has 0 radical (unpaired) electrons. The summed E-state index contributed by atoms with van der Waals surface area (Å²) in [5, 5.41) is 3.51. The van der Waals surface area contributed by atoms with Gasteiger partial charge in [0.1, 0.15) is 24.2 Å². The summed E-state index contributed by atoms with van der Waals surface area (Å²) in [4.78, 5) is 28.7. The number of amides is 2. The Morgan fingerprint density at radius 2 is 1.58 bits per heavy atom. The molecule has 43 heavy (non-hydrogen) atoms. The number of sulfonamides is 1. The van der Waals surface area contributed by atoms with Gasteiger partial charge in [-0.2, -0.15) is 0 Å². The lowest BCUT2D eigenvalue weighted by Crippen LogP contribution is -2.55. The van der Waals surface area contributed by atoms with Gasteiger partial charge in [-0.3, -0.25) is 13.9 Å². The molecule has 1 N–H and O–H groups in total. The van der Waals surface area contributed by atoms with E-state index in [-0.39, 0.29) is 28.6 Å². The van der Waals surface area contributed by atoms with E-state index in [0.717, 1.165) is 28.6 Å². The predicted octanol–water partition coefficient (Wildman–Crippen LogP) is 6.45. The van der Waals surface area contributed by atoms with Crippen LogP contribution in [0.1, 0.15) is 46.6 Å². The van der Waals surface area contributed by atoms with E-state index in [0.29, 0.717) is 22.9 Å². The number of ether oxygens (including phenoxy) is 1. The normalized spacial score (nSPS) is 12.4. The monoisotopic (exact) mass is 651 g/mol. The van der Waals surface area contributed by atoms with Crippen LogP contribution in [0.2, 0.25) is 10.0 Å². The number of hydrogen-bond donors (Lipinski definition) is 1. The Kier molecular flexibility index (Phi) is 11.5. The van der Waals surface area contributed by atoms with Gasteiger partial charge in [0, 0.05) is 12.1 Å². The Morgan fingerprint density at radius 1 is 0.953 bits per heavy atom. The topological polar surface area (TPSA) is 96.0 Å². The molecule has 3 aromatic rings. The second-order valence-electron chi connectivity index (χ2n) is 10.8. The number of nitrogens with zero attached hydrogens (tertiary/aromatic N) is 2. The molecule has 0 fully saturated rings. The second kappa shape index (κ2) is 14.4. The van der Waals surface area contributed by atoms with Crippen molar-refractivity contribution >= 4 is 50.7 Å². The van der Waals surface area contributed by atoms with E-state index < -0.39 is 45.8 Å². The lowest BCUT2D eigenvalue weighted by molar-refractivity contribution is -0.141. The Labute approximate surface area is 262 Å². The zero-order chi connectivity index (χ0) is 31.9.